The number of hydrogen-bond acceptors (Lipinski definition) is 4. The molecule has 112 valence electrons. The number of nitrogen functional groups attached to an aromatic ring is 1. The van der Waals surface area contributed by atoms with Crippen molar-refractivity contribution in [3.05, 3.63) is 71.5 Å². The molecule has 6 nitrogen and oxygen atoms in total. The van der Waals surface area contributed by atoms with Crippen molar-refractivity contribution in [1.82, 2.24) is 19.5 Å². The molecule has 3 N–H and O–H groups in total. The Hall–Kier alpha value is -3.41. The first-order valence-electron chi connectivity index (χ1n) is 7.10. The molecular formula is C17H13N5O. The number of H-pyrrole nitrogens is 1. The van der Waals surface area contributed by atoms with E-state index < -0.39 is 0 Å². The molecule has 0 amide bonds. The Morgan fingerprint density at radius 2 is 1.87 bits per heavy atom. The van der Waals surface area contributed by atoms with Crippen LogP contribution in [-0.2, 0) is 0 Å². The van der Waals surface area contributed by atoms with Crippen LogP contribution < -0.4 is 11.3 Å². The van der Waals surface area contributed by atoms with E-state index in [0.29, 0.717) is 16.9 Å². The summed E-state index contributed by atoms with van der Waals surface area (Å²) in [5.41, 5.74) is 9.19. The van der Waals surface area contributed by atoms with Crippen LogP contribution in [-0.4, -0.2) is 19.5 Å². The molecular weight excluding hydrogens is 290 g/mol. The maximum Gasteiger partial charge on any atom is 0.275 e. The van der Waals surface area contributed by atoms with Crippen LogP contribution in [0.3, 0.4) is 0 Å². The van der Waals surface area contributed by atoms with Gasteiger partial charge in [-0.1, -0.05) is 18.2 Å². The minimum atomic E-state index is -0.187. The normalized spacial score (nSPS) is 11.0. The predicted octanol–water partition coefficient (Wildman–Crippen LogP) is 2.36. The van der Waals surface area contributed by atoms with Crippen molar-refractivity contribution in [1.29, 1.82) is 0 Å². The van der Waals surface area contributed by atoms with Crippen LogP contribution in [0.2, 0.25) is 0 Å². The SMILES string of the molecule is Nc1ccc(-c2cn(-c3ccccc3)c3c(=O)[nH]cnc23)cn1. The van der Waals surface area contributed by atoms with E-state index in [4.69, 9.17) is 5.73 Å². The lowest BCUT2D eigenvalue weighted by atomic mass is 10.1. The first-order chi connectivity index (χ1) is 11.2. The molecule has 0 aliphatic rings. The Kier molecular flexibility index (Phi) is 2.94. The number of fused-ring (bicyclic) bond motifs is 1. The Labute approximate surface area is 131 Å². The summed E-state index contributed by atoms with van der Waals surface area (Å²) < 4.78 is 1.84. The number of aromatic nitrogens is 4. The van der Waals surface area contributed by atoms with Crippen LogP contribution in [0.1, 0.15) is 0 Å². The number of pyridine rings is 1. The third-order valence-electron chi connectivity index (χ3n) is 3.71. The largest absolute Gasteiger partial charge is 0.384 e. The summed E-state index contributed by atoms with van der Waals surface area (Å²) in [6.07, 6.45) is 4.99. The minimum absolute atomic E-state index is 0.187. The van der Waals surface area contributed by atoms with Crippen LogP contribution in [0.25, 0.3) is 27.8 Å². The molecule has 0 aliphatic carbocycles. The predicted molar refractivity (Wildman–Crippen MR) is 89.3 cm³/mol. The molecule has 0 saturated carbocycles. The standard InChI is InChI=1S/C17H13N5O/c18-14-7-6-11(8-19-14)13-9-22(12-4-2-1-3-5-12)16-15(13)20-10-21-17(16)23/h1-10H,(H2,18,19)(H,20,21,23). The van der Waals surface area contributed by atoms with E-state index in [1.54, 1.807) is 12.3 Å². The van der Waals surface area contributed by atoms with Gasteiger partial charge in [-0.3, -0.25) is 4.79 Å². The van der Waals surface area contributed by atoms with Gasteiger partial charge >= 0.3 is 0 Å². The highest BCUT2D eigenvalue weighted by atomic mass is 16.1. The Bertz CT molecular complexity index is 1030. The fraction of sp³-hybridized carbons (Fsp3) is 0. The zero-order valence-corrected chi connectivity index (χ0v) is 12.1. The highest BCUT2D eigenvalue weighted by molar-refractivity contribution is 5.93. The Morgan fingerprint density at radius 1 is 1.04 bits per heavy atom. The maximum absolute atomic E-state index is 12.3. The van der Waals surface area contributed by atoms with E-state index in [-0.39, 0.29) is 5.56 Å². The van der Waals surface area contributed by atoms with Gasteiger partial charge in [0, 0.05) is 29.2 Å². The van der Waals surface area contributed by atoms with E-state index >= 15 is 0 Å². The summed E-state index contributed by atoms with van der Waals surface area (Å²) in [7, 11) is 0. The average molecular weight is 303 g/mol. The number of nitrogens with one attached hydrogen (secondary N) is 1. The van der Waals surface area contributed by atoms with Crippen molar-refractivity contribution in [2.75, 3.05) is 5.73 Å². The molecule has 3 heterocycles. The molecule has 3 aromatic heterocycles. The quantitative estimate of drug-likeness (QED) is 0.595. The second-order valence-corrected chi connectivity index (χ2v) is 5.15. The summed E-state index contributed by atoms with van der Waals surface area (Å²) in [5, 5.41) is 0. The first kappa shape index (κ1) is 13.3. The van der Waals surface area contributed by atoms with Crippen molar-refractivity contribution in [3.8, 4) is 16.8 Å². The van der Waals surface area contributed by atoms with Crippen LogP contribution in [0.5, 0.6) is 0 Å². The Balaban J connectivity index is 2.05. The summed E-state index contributed by atoms with van der Waals surface area (Å²) >= 11 is 0. The number of nitrogens with two attached hydrogens (primary N) is 1. The van der Waals surface area contributed by atoms with E-state index in [1.807, 2.05) is 47.2 Å². The van der Waals surface area contributed by atoms with Gasteiger partial charge in [0.15, 0.2) is 0 Å². The lowest BCUT2D eigenvalue weighted by molar-refractivity contribution is 1.08. The number of aromatic amines is 1. The van der Waals surface area contributed by atoms with E-state index in [1.165, 1.54) is 6.33 Å². The fourth-order valence-electron chi connectivity index (χ4n) is 2.64. The van der Waals surface area contributed by atoms with Crippen molar-refractivity contribution in [3.63, 3.8) is 0 Å². The summed E-state index contributed by atoms with van der Waals surface area (Å²) in [6, 6.07) is 13.3. The van der Waals surface area contributed by atoms with Gasteiger partial charge in [0.1, 0.15) is 16.9 Å². The second-order valence-electron chi connectivity index (χ2n) is 5.15. The first-order valence-corrected chi connectivity index (χ1v) is 7.10. The zero-order chi connectivity index (χ0) is 15.8. The van der Waals surface area contributed by atoms with Gasteiger partial charge in [-0.05, 0) is 24.3 Å². The van der Waals surface area contributed by atoms with Crippen molar-refractivity contribution in [2.45, 2.75) is 0 Å². The second kappa shape index (κ2) is 5.10. The summed E-state index contributed by atoms with van der Waals surface area (Å²) in [4.78, 5) is 23.4. The molecule has 0 fully saturated rings. The van der Waals surface area contributed by atoms with Gasteiger partial charge in [-0.25, -0.2) is 9.97 Å². The van der Waals surface area contributed by atoms with Gasteiger partial charge < -0.3 is 15.3 Å². The van der Waals surface area contributed by atoms with Crippen LogP contribution in [0, 0.1) is 0 Å². The lowest BCUT2D eigenvalue weighted by Crippen LogP contribution is -2.09. The molecule has 4 aromatic rings. The molecule has 0 saturated heterocycles. The van der Waals surface area contributed by atoms with Crippen LogP contribution >= 0.6 is 0 Å². The third kappa shape index (κ3) is 2.17. The molecule has 6 heteroatoms. The molecule has 4 rings (SSSR count). The molecule has 0 unspecified atom stereocenters. The highest BCUT2D eigenvalue weighted by Gasteiger charge is 2.15. The summed E-state index contributed by atoms with van der Waals surface area (Å²) in [6.45, 7) is 0. The van der Waals surface area contributed by atoms with E-state index in [2.05, 4.69) is 15.0 Å². The molecule has 0 aliphatic heterocycles. The Morgan fingerprint density at radius 3 is 2.61 bits per heavy atom. The zero-order valence-electron chi connectivity index (χ0n) is 12.1. The highest BCUT2D eigenvalue weighted by Crippen LogP contribution is 2.29. The molecule has 23 heavy (non-hydrogen) atoms. The number of anilines is 1. The number of para-hydroxylation sites is 1. The maximum atomic E-state index is 12.3. The summed E-state index contributed by atoms with van der Waals surface area (Å²) in [5.74, 6) is 0.450. The molecule has 1 aromatic carbocycles. The number of benzene rings is 1. The van der Waals surface area contributed by atoms with Crippen molar-refractivity contribution < 1.29 is 0 Å². The smallest absolute Gasteiger partial charge is 0.275 e. The lowest BCUT2D eigenvalue weighted by Gasteiger charge is -2.03. The van der Waals surface area contributed by atoms with Crippen LogP contribution in [0.15, 0.2) is 66.0 Å². The van der Waals surface area contributed by atoms with E-state index in [9.17, 15) is 4.79 Å². The molecule has 0 bridgehead atoms. The molecule has 0 atom stereocenters. The number of rotatable bonds is 2. The van der Waals surface area contributed by atoms with E-state index in [0.717, 1.165) is 16.8 Å². The number of nitrogens with zero attached hydrogens (tertiary/aromatic N) is 3. The topological polar surface area (TPSA) is 89.6 Å². The average Bonchev–Trinajstić information content (AvgIpc) is 2.97. The van der Waals surface area contributed by atoms with Crippen molar-refractivity contribution >= 4 is 16.9 Å². The van der Waals surface area contributed by atoms with Crippen molar-refractivity contribution in [2.24, 2.45) is 0 Å². The van der Waals surface area contributed by atoms with Gasteiger partial charge in [0.05, 0.1) is 6.33 Å². The van der Waals surface area contributed by atoms with Gasteiger partial charge in [-0.15, -0.1) is 0 Å². The monoisotopic (exact) mass is 303 g/mol. The fourth-order valence-corrected chi connectivity index (χ4v) is 2.64. The van der Waals surface area contributed by atoms with Crippen LogP contribution in [0.4, 0.5) is 5.82 Å². The van der Waals surface area contributed by atoms with Gasteiger partial charge in [0.2, 0.25) is 0 Å². The molecule has 0 radical (unpaired) electrons. The van der Waals surface area contributed by atoms with Gasteiger partial charge in [-0.2, -0.15) is 0 Å². The van der Waals surface area contributed by atoms with Gasteiger partial charge in [0.25, 0.3) is 5.56 Å². The minimum Gasteiger partial charge on any atom is -0.384 e. The third-order valence-corrected chi connectivity index (χ3v) is 3.71. The number of hydrogen-bond donors (Lipinski definition) is 2. The molecule has 0 spiro atoms.